The molecule has 0 amide bonds. The normalized spacial score (nSPS) is 18.8. The lowest BCUT2D eigenvalue weighted by molar-refractivity contribution is 0.402. The van der Waals surface area contributed by atoms with Gasteiger partial charge in [-0.15, -0.1) is 10.2 Å². The molecule has 10 heteroatoms. The molecule has 1 saturated heterocycles. The second kappa shape index (κ2) is 8.12. The van der Waals surface area contributed by atoms with Gasteiger partial charge in [0.2, 0.25) is 0 Å². The van der Waals surface area contributed by atoms with Crippen LogP contribution in [0.3, 0.4) is 0 Å². The van der Waals surface area contributed by atoms with Crippen LogP contribution in [0.5, 0.6) is 0 Å². The lowest BCUT2D eigenvalue weighted by Gasteiger charge is -2.37. The molecule has 0 bridgehead atoms. The maximum Gasteiger partial charge on any atom is 0.250 e. The van der Waals surface area contributed by atoms with E-state index in [2.05, 4.69) is 37.4 Å². The van der Waals surface area contributed by atoms with Crippen molar-refractivity contribution >= 4 is 23.0 Å². The summed E-state index contributed by atoms with van der Waals surface area (Å²) in [6, 6.07) is 8.85. The number of fused-ring (bicyclic) bond motifs is 1. The van der Waals surface area contributed by atoms with Gasteiger partial charge in [-0.2, -0.15) is 9.61 Å². The summed E-state index contributed by atoms with van der Waals surface area (Å²) in [5.41, 5.74) is 8.26. The van der Waals surface area contributed by atoms with Crippen LogP contribution in [-0.4, -0.2) is 43.9 Å². The number of aromatic nitrogens is 5. The first kappa shape index (κ1) is 20.3. The second-order valence-corrected chi connectivity index (χ2v) is 8.13. The highest BCUT2D eigenvalue weighted by atomic mass is 19.1. The van der Waals surface area contributed by atoms with Crippen LogP contribution in [0.4, 0.5) is 26.1 Å². The fraction of sp³-hybridized carbons (Fsp3) is 0.273. The maximum atomic E-state index is 14.3. The van der Waals surface area contributed by atoms with Crippen LogP contribution in [0.1, 0.15) is 13.3 Å². The first-order valence-corrected chi connectivity index (χ1v) is 10.4. The molecule has 5 rings (SSSR count). The van der Waals surface area contributed by atoms with Crippen molar-refractivity contribution in [3.63, 3.8) is 0 Å². The number of anilines is 3. The Hall–Kier alpha value is -3.66. The topological polar surface area (TPSA) is 97.3 Å². The first-order valence-electron chi connectivity index (χ1n) is 10.4. The van der Waals surface area contributed by atoms with Gasteiger partial charge in [0.15, 0.2) is 5.65 Å². The Kier molecular flexibility index (Phi) is 5.14. The van der Waals surface area contributed by atoms with E-state index in [1.54, 1.807) is 18.5 Å². The van der Waals surface area contributed by atoms with Crippen molar-refractivity contribution in [1.29, 1.82) is 0 Å². The highest BCUT2D eigenvalue weighted by molar-refractivity contribution is 5.73. The zero-order chi connectivity index (χ0) is 22.2. The van der Waals surface area contributed by atoms with E-state index in [0.717, 1.165) is 25.2 Å². The molecule has 0 saturated carbocycles. The predicted molar refractivity (Wildman–Crippen MR) is 118 cm³/mol. The van der Waals surface area contributed by atoms with Gasteiger partial charge in [0, 0.05) is 25.3 Å². The van der Waals surface area contributed by atoms with Crippen LogP contribution in [0, 0.1) is 17.6 Å². The molecule has 2 unspecified atom stereocenters. The number of pyridine rings is 1. The Morgan fingerprint density at radius 3 is 2.66 bits per heavy atom. The molecule has 0 aliphatic carbocycles. The molecule has 4 aromatic rings. The molecule has 0 radical (unpaired) electrons. The van der Waals surface area contributed by atoms with Crippen molar-refractivity contribution < 1.29 is 8.78 Å². The average molecular weight is 436 g/mol. The summed E-state index contributed by atoms with van der Waals surface area (Å²) in [7, 11) is 0. The van der Waals surface area contributed by atoms with Crippen molar-refractivity contribution in [2.75, 3.05) is 23.3 Å². The van der Waals surface area contributed by atoms with Crippen LogP contribution in [0.15, 0.2) is 48.8 Å². The number of rotatable bonds is 4. The van der Waals surface area contributed by atoms with Gasteiger partial charge < -0.3 is 16.0 Å². The molecule has 4 heterocycles. The zero-order valence-electron chi connectivity index (χ0n) is 17.4. The SMILES string of the molecule is CC1CC(N)CN(c2ccncc2Nc2nnc3ccc(-c4c(F)cccc4F)nn23)C1. The molecule has 164 valence electrons. The molecular formula is C22H22F2N8. The van der Waals surface area contributed by atoms with Crippen LogP contribution >= 0.6 is 0 Å². The summed E-state index contributed by atoms with van der Waals surface area (Å²) < 4.78 is 30.0. The summed E-state index contributed by atoms with van der Waals surface area (Å²) in [6.45, 7) is 3.79. The van der Waals surface area contributed by atoms with Crippen molar-refractivity contribution in [2.45, 2.75) is 19.4 Å². The number of halogens is 2. The molecule has 2 atom stereocenters. The predicted octanol–water partition coefficient (Wildman–Crippen LogP) is 3.38. The van der Waals surface area contributed by atoms with E-state index >= 15 is 0 Å². The van der Waals surface area contributed by atoms with E-state index in [0.29, 0.717) is 23.2 Å². The Morgan fingerprint density at radius 1 is 1.06 bits per heavy atom. The van der Waals surface area contributed by atoms with E-state index in [1.165, 1.54) is 28.8 Å². The fourth-order valence-corrected chi connectivity index (χ4v) is 4.22. The number of hydrogen-bond acceptors (Lipinski definition) is 7. The molecule has 0 spiro atoms. The molecule has 1 aliphatic heterocycles. The van der Waals surface area contributed by atoms with E-state index in [-0.39, 0.29) is 17.3 Å². The van der Waals surface area contributed by atoms with E-state index in [4.69, 9.17) is 5.73 Å². The van der Waals surface area contributed by atoms with Gasteiger partial charge in [-0.1, -0.05) is 13.0 Å². The second-order valence-electron chi connectivity index (χ2n) is 8.13. The Bertz CT molecular complexity index is 1240. The summed E-state index contributed by atoms with van der Waals surface area (Å²) >= 11 is 0. The minimum Gasteiger partial charge on any atom is -0.368 e. The smallest absolute Gasteiger partial charge is 0.250 e. The number of piperidine rings is 1. The minimum atomic E-state index is -0.690. The Labute approximate surface area is 183 Å². The average Bonchev–Trinajstić information content (AvgIpc) is 3.15. The number of nitrogens with one attached hydrogen (secondary N) is 1. The van der Waals surface area contributed by atoms with Gasteiger partial charge in [-0.3, -0.25) is 4.98 Å². The van der Waals surface area contributed by atoms with Gasteiger partial charge in [-0.05, 0) is 42.7 Å². The van der Waals surface area contributed by atoms with Gasteiger partial charge >= 0.3 is 0 Å². The lowest BCUT2D eigenvalue weighted by atomic mass is 9.96. The summed E-state index contributed by atoms with van der Waals surface area (Å²) in [6.07, 6.45) is 4.41. The van der Waals surface area contributed by atoms with Crippen LogP contribution in [0.25, 0.3) is 16.9 Å². The van der Waals surface area contributed by atoms with Crippen molar-refractivity contribution in [2.24, 2.45) is 11.7 Å². The van der Waals surface area contributed by atoms with Crippen LogP contribution in [-0.2, 0) is 0 Å². The zero-order valence-corrected chi connectivity index (χ0v) is 17.4. The molecular weight excluding hydrogens is 414 g/mol. The quantitative estimate of drug-likeness (QED) is 0.506. The van der Waals surface area contributed by atoms with Crippen LogP contribution in [0.2, 0.25) is 0 Å². The highest BCUT2D eigenvalue weighted by Gasteiger charge is 2.24. The summed E-state index contributed by atoms with van der Waals surface area (Å²) in [4.78, 5) is 6.45. The molecule has 3 aromatic heterocycles. The molecule has 1 aliphatic rings. The Balaban J connectivity index is 1.52. The van der Waals surface area contributed by atoms with Gasteiger partial charge in [0.1, 0.15) is 11.6 Å². The Morgan fingerprint density at radius 2 is 1.88 bits per heavy atom. The van der Waals surface area contributed by atoms with Crippen molar-refractivity contribution in [3.8, 4) is 11.3 Å². The molecule has 1 aromatic carbocycles. The van der Waals surface area contributed by atoms with Gasteiger partial charge in [0.05, 0.1) is 28.8 Å². The largest absolute Gasteiger partial charge is 0.368 e. The molecule has 32 heavy (non-hydrogen) atoms. The maximum absolute atomic E-state index is 14.3. The first-order chi connectivity index (χ1) is 15.5. The van der Waals surface area contributed by atoms with E-state index in [1.807, 2.05) is 6.07 Å². The summed E-state index contributed by atoms with van der Waals surface area (Å²) in [5.74, 6) is -0.607. The number of nitrogens with two attached hydrogens (primary N) is 1. The summed E-state index contributed by atoms with van der Waals surface area (Å²) in [5, 5.41) is 15.9. The third-order valence-corrected chi connectivity index (χ3v) is 5.56. The van der Waals surface area contributed by atoms with E-state index in [9.17, 15) is 8.78 Å². The van der Waals surface area contributed by atoms with E-state index < -0.39 is 11.6 Å². The third-order valence-electron chi connectivity index (χ3n) is 5.56. The number of hydrogen-bond donors (Lipinski definition) is 2. The molecule has 3 N–H and O–H groups in total. The van der Waals surface area contributed by atoms with Crippen LogP contribution < -0.4 is 16.0 Å². The monoisotopic (exact) mass is 436 g/mol. The molecule has 8 nitrogen and oxygen atoms in total. The van der Waals surface area contributed by atoms with Crippen molar-refractivity contribution in [1.82, 2.24) is 24.8 Å². The lowest BCUT2D eigenvalue weighted by Crippen LogP contribution is -2.46. The standard InChI is InChI=1S/C22H22F2N8/c1-13-9-14(25)12-31(11-13)19-7-8-26-10-18(19)27-22-29-28-20-6-5-17(30-32(20)22)21-15(23)3-2-4-16(21)24/h2-8,10,13-14H,9,11-12,25H2,1H3,(H,27,29). The minimum absolute atomic E-state index is 0.0913. The van der Waals surface area contributed by atoms with Gasteiger partial charge in [-0.25, -0.2) is 8.78 Å². The molecule has 1 fully saturated rings. The van der Waals surface area contributed by atoms with Crippen molar-refractivity contribution in [3.05, 3.63) is 60.4 Å². The fourth-order valence-electron chi connectivity index (χ4n) is 4.22. The van der Waals surface area contributed by atoms with Gasteiger partial charge in [0.25, 0.3) is 5.95 Å². The number of benzene rings is 1. The number of nitrogens with zero attached hydrogens (tertiary/aromatic N) is 6. The highest BCUT2D eigenvalue weighted by Crippen LogP contribution is 2.31. The third kappa shape index (κ3) is 3.73.